The Balaban J connectivity index is 0. The third-order valence-corrected chi connectivity index (χ3v) is 0. The van der Waals surface area contributed by atoms with Crippen LogP contribution in [0.5, 0.6) is 0 Å². The molecule has 0 nitrogen and oxygen atoms in total. The average Bonchev–Trinajstić information content (AvgIpc) is 0. The van der Waals surface area contributed by atoms with Crippen molar-refractivity contribution < 1.29 is 17.1 Å². The first-order valence-electron chi connectivity index (χ1n) is 0. The molecule has 0 bridgehead atoms. The van der Waals surface area contributed by atoms with E-state index in [4.69, 9.17) is 0 Å². The van der Waals surface area contributed by atoms with Gasteiger partial charge in [-0.05, 0) is 0 Å². The number of rotatable bonds is 0. The van der Waals surface area contributed by atoms with E-state index in [2.05, 4.69) is 0 Å². The Morgan fingerprint density at radius 3 is 0.750 bits per heavy atom. The van der Waals surface area contributed by atoms with Crippen LogP contribution in [0.2, 0.25) is 0 Å². The van der Waals surface area contributed by atoms with Crippen molar-refractivity contribution in [3.05, 3.63) is 0 Å². The van der Waals surface area contributed by atoms with Crippen molar-refractivity contribution in [1.29, 1.82) is 0 Å². The molecular weight excluding hydrogens is 336 g/mol. The van der Waals surface area contributed by atoms with Gasteiger partial charge in [0, 0.05) is 17.1 Å². The number of hydrogen-bond donors (Lipinski definition) is 0. The van der Waals surface area contributed by atoms with Crippen molar-refractivity contribution in [1.82, 2.24) is 0 Å². The standard InChI is InChI=1S/Bi.2ClH.Fe.3H/h;2*1H;;;;. The third kappa shape index (κ3) is 9.01. The second kappa shape index (κ2) is 20.1. The summed E-state index contributed by atoms with van der Waals surface area (Å²) >= 11 is 0. The first-order valence-corrected chi connectivity index (χ1v) is 0. The van der Waals surface area contributed by atoms with Crippen molar-refractivity contribution in [2.45, 2.75) is 0 Å². The first-order chi connectivity index (χ1) is 0. The molecule has 0 saturated carbocycles. The van der Waals surface area contributed by atoms with Gasteiger partial charge >= 0.3 is 26.2 Å². The van der Waals surface area contributed by atoms with E-state index in [9.17, 15) is 0 Å². The minimum atomic E-state index is 0. The molecule has 0 amide bonds. The maximum absolute atomic E-state index is 0. The molecule has 0 rings (SSSR count). The second-order valence-corrected chi connectivity index (χ2v) is 0. The van der Waals surface area contributed by atoms with Gasteiger partial charge in [-0.2, -0.15) is 0 Å². The van der Waals surface area contributed by atoms with Crippen molar-refractivity contribution in [2.75, 3.05) is 0 Å². The van der Waals surface area contributed by atoms with Crippen molar-refractivity contribution in [3.8, 4) is 0 Å². The summed E-state index contributed by atoms with van der Waals surface area (Å²) in [5, 5.41) is 0. The van der Waals surface area contributed by atoms with Crippen LogP contribution in [0.3, 0.4) is 0 Å². The molecule has 0 spiro atoms. The van der Waals surface area contributed by atoms with E-state index >= 15 is 0 Å². The SMILES string of the molecule is Cl.Cl.[BiH3].[Fe]. The fourth-order valence-corrected chi connectivity index (χ4v) is 0. The minimum absolute atomic E-state index is 0. The maximum Gasteiger partial charge on any atom is 0 e. The molecule has 0 aromatic rings. The number of hydrogen-bond acceptors (Lipinski definition) is 0. The fourth-order valence-electron chi connectivity index (χ4n) is 0. The molecule has 0 radical (unpaired) electrons. The maximum atomic E-state index is 0. The first kappa shape index (κ1) is 37.8. The van der Waals surface area contributed by atoms with E-state index in [1.54, 1.807) is 0 Å². The summed E-state index contributed by atoms with van der Waals surface area (Å²) in [5.74, 6) is 0. The van der Waals surface area contributed by atoms with Gasteiger partial charge in [-0.25, -0.2) is 0 Å². The summed E-state index contributed by atoms with van der Waals surface area (Å²) in [6.07, 6.45) is 0. The third-order valence-electron chi connectivity index (χ3n) is 0. The van der Waals surface area contributed by atoms with Crippen LogP contribution in [0, 0.1) is 0 Å². The zero-order valence-electron chi connectivity index (χ0n) is 1.88. The summed E-state index contributed by atoms with van der Waals surface area (Å²) in [6, 6.07) is 0. The molecule has 0 fully saturated rings. The molecule has 0 aliphatic heterocycles. The number of halogens is 2. The van der Waals surface area contributed by atoms with Gasteiger partial charge in [0.15, 0.2) is 0 Å². The van der Waals surface area contributed by atoms with E-state index in [0.29, 0.717) is 0 Å². The Bertz CT molecular complexity index is 6.00. The summed E-state index contributed by atoms with van der Waals surface area (Å²) in [4.78, 5) is 0. The fraction of sp³-hybridized carbons (Fsp3) is 0. The van der Waals surface area contributed by atoms with Crippen LogP contribution >= 0.6 is 24.8 Å². The summed E-state index contributed by atoms with van der Waals surface area (Å²) in [7, 11) is 0. The average molecular weight is 341 g/mol. The Morgan fingerprint density at radius 1 is 0.750 bits per heavy atom. The molecule has 0 saturated heterocycles. The molecule has 0 unspecified atom stereocenters. The molecule has 0 aliphatic carbocycles. The van der Waals surface area contributed by atoms with Gasteiger partial charge in [-0.15, -0.1) is 24.8 Å². The van der Waals surface area contributed by atoms with E-state index < -0.39 is 0 Å². The van der Waals surface area contributed by atoms with Crippen LogP contribution in [0.4, 0.5) is 0 Å². The predicted octanol–water partition coefficient (Wildman–Crippen LogP) is -0.343. The van der Waals surface area contributed by atoms with Gasteiger partial charge < -0.3 is 0 Å². The Morgan fingerprint density at radius 2 is 0.750 bits per heavy atom. The van der Waals surface area contributed by atoms with Crippen LogP contribution in [0.25, 0.3) is 0 Å². The van der Waals surface area contributed by atoms with E-state index in [1.807, 2.05) is 0 Å². The topological polar surface area (TPSA) is 0 Å². The molecule has 4 heteroatoms. The van der Waals surface area contributed by atoms with Gasteiger partial charge in [-0.1, -0.05) is 0 Å². The zero-order chi connectivity index (χ0) is 0. The second-order valence-electron chi connectivity index (χ2n) is 0. The van der Waals surface area contributed by atoms with Crippen LogP contribution < -0.4 is 0 Å². The van der Waals surface area contributed by atoms with E-state index in [1.165, 1.54) is 0 Å². The molecule has 0 aromatic carbocycles. The van der Waals surface area contributed by atoms with Crippen LogP contribution in [0.15, 0.2) is 0 Å². The largest absolute Gasteiger partial charge is 0 e. The van der Waals surface area contributed by atoms with Gasteiger partial charge in [-0.3, -0.25) is 0 Å². The predicted molar refractivity (Wildman–Crippen MR) is 24.4 cm³/mol. The summed E-state index contributed by atoms with van der Waals surface area (Å²) in [6.45, 7) is 0. The molecular formula is H5BiCl2Fe. The monoisotopic (exact) mass is 340 g/mol. The van der Waals surface area contributed by atoms with Crippen LogP contribution in [-0.2, 0) is 17.1 Å². The molecule has 0 heterocycles. The van der Waals surface area contributed by atoms with Crippen molar-refractivity contribution >= 4 is 51.0 Å². The molecule has 0 N–H and O–H groups in total. The normalized spacial score (nSPS) is 0. The van der Waals surface area contributed by atoms with Gasteiger partial charge in [0.1, 0.15) is 0 Å². The van der Waals surface area contributed by atoms with Crippen molar-refractivity contribution in [2.24, 2.45) is 0 Å². The van der Waals surface area contributed by atoms with E-state index in [0.717, 1.165) is 0 Å². The molecule has 0 aliphatic rings. The zero-order valence-corrected chi connectivity index (χ0v) is 10.1. The Labute approximate surface area is 67.5 Å². The molecule has 4 heavy (non-hydrogen) atoms. The van der Waals surface area contributed by atoms with Gasteiger partial charge in [0.05, 0.1) is 0 Å². The quantitative estimate of drug-likeness (QED) is 0.529. The molecule has 0 atom stereocenters. The Kier molecular flexibility index (Phi) is 190. The minimum Gasteiger partial charge on any atom is 0 e. The Hall–Kier alpha value is 1.98. The van der Waals surface area contributed by atoms with Gasteiger partial charge in [0.25, 0.3) is 0 Å². The molecule has 32 valence electrons. The van der Waals surface area contributed by atoms with E-state index in [-0.39, 0.29) is 68.1 Å². The summed E-state index contributed by atoms with van der Waals surface area (Å²) < 4.78 is 0. The smallest absolute Gasteiger partial charge is 0 e. The van der Waals surface area contributed by atoms with Crippen LogP contribution in [0.1, 0.15) is 0 Å². The van der Waals surface area contributed by atoms with Crippen LogP contribution in [-0.4, -0.2) is 26.2 Å². The van der Waals surface area contributed by atoms with Gasteiger partial charge in [0.2, 0.25) is 0 Å². The van der Waals surface area contributed by atoms with Crippen molar-refractivity contribution in [3.63, 3.8) is 0 Å². The molecule has 0 aromatic heterocycles. The summed E-state index contributed by atoms with van der Waals surface area (Å²) in [5.41, 5.74) is 0.